The van der Waals surface area contributed by atoms with Crippen molar-refractivity contribution in [1.82, 2.24) is 15.5 Å². The average Bonchev–Trinajstić information content (AvgIpc) is 2.57. The van der Waals surface area contributed by atoms with Crippen LogP contribution in [0.25, 0.3) is 0 Å². The molecular formula is C20H28N4O4. The zero-order chi connectivity index (χ0) is 20.8. The van der Waals surface area contributed by atoms with Crippen molar-refractivity contribution in [3.05, 3.63) is 40.6 Å². The van der Waals surface area contributed by atoms with Crippen LogP contribution in [0.2, 0.25) is 0 Å². The number of benzene rings is 1. The zero-order valence-corrected chi connectivity index (χ0v) is 17.0. The van der Waals surface area contributed by atoms with E-state index in [4.69, 9.17) is 4.74 Å². The van der Waals surface area contributed by atoms with Gasteiger partial charge in [-0.05, 0) is 45.9 Å². The number of amides is 3. The highest BCUT2D eigenvalue weighted by Gasteiger charge is 2.30. The van der Waals surface area contributed by atoms with Crippen LogP contribution in [0.5, 0.6) is 0 Å². The molecular weight excluding hydrogens is 360 g/mol. The Morgan fingerprint density at radius 2 is 1.89 bits per heavy atom. The maximum atomic E-state index is 12.5. The van der Waals surface area contributed by atoms with Crippen LogP contribution in [0.3, 0.4) is 0 Å². The van der Waals surface area contributed by atoms with E-state index >= 15 is 0 Å². The van der Waals surface area contributed by atoms with Gasteiger partial charge in [0.2, 0.25) is 5.91 Å². The third-order valence-electron chi connectivity index (χ3n) is 4.45. The molecule has 8 nitrogen and oxygen atoms in total. The number of hydrogen-bond acceptors (Lipinski definition) is 5. The van der Waals surface area contributed by atoms with Gasteiger partial charge in [0.1, 0.15) is 0 Å². The molecule has 0 aliphatic carbocycles. The van der Waals surface area contributed by atoms with Crippen LogP contribution in [0, 0.1) is 13.8 Å². The number of hydrogen-bond donors (Lipinski definition) is 3. The van der Waals surface area contributed by atoms with Gasteiger partial charge in [-0.1, -0.05) is 18.2 Å². The van der Waals surface area contributed by atoms with Gasteiger partial charge >= 0.3 is 12.0 Å². The van der Waals surface area contributed by atoms with Crippen molar-refractivity contribution in [1.29, 1.82) is 0 Å². The molecule has 0 spiro atoms. The number of urea groups is 1. The van der Waals surface area contributed by atoms with Gasteiger partial charge in [0, 0.05) is 17.9 Å². The first-order valence-electron chi connectivity index (χ1n) is 9.25. The summed E-state index contributed by atoms with van der Waals surface area (Å²) in [6, 6.07) is 4.96. The molecule has 3 amide bonds. The predicted octanol–water partition coefficient (Wildman–Crippen LogP) is 1.69. The monoisotopic (exact) mass is 388 g/mol. The highest BCUT2D eigenvalue weighted by molar-refractivity contribution is 5.95. The Labute approximate surface area is 165 Å². The van der Waals surface area contributed by atoms with Gasteiger partial charge in [0.05, 0.1) is 24.8 Å². The van der Waals surface area contributed by atoms with Crippen LogP contribution in [0.4, 0.5) is 10.5 Å². The summed E-state index contributed by atoms with van der Waals surface area (Å²) in [6.07, 6.45) is 0. The van der Waals surface area contributed by atoms with E-state index in [1.54, 1.807) is 25.8 Å². The first-order chi connectivity index (χ1) is 13.2. The molecule has 1 aromatic carbocycles. The Hall–Kier alpha value is -2.87. The van der Waals surface area contributed by atoms with Crippen molar-refractivity contribution in [3.63, 3.8) is 0 Å². The fourth-order valence-corrected chi connectivity index (χ4v) is 3.17. The van der Waals surface area contributed by atoms with Crippen LogP contribution >= 0.6 is 0 Å². The van der Waals surface area contributed by atoms with Gasteiger partial charge < -0.3 is 20.7 Å². The number of para-hydroxylation sites is 1. The van der Waals surface area contributed by atoms with E-state index in [1.165, 1.54) is 0 Å². The molecule has 1 aliphatic heterocycles. The minimum Gasteiger partial charge on any atom is -0.463 e. The number of carbonyl (C=O) groups excluding carboxylic acids is 3. The second kappa shape index (κ2) is 9.36. The summed E-state index contributed by atoms with van der Waals surface area (Å²) in [5, 5.41) is 8.25. The van der Waals surface area contributed by atoms with Crippen LogP contribution in [0.1, 0.15) is 25.0 Å². The topological polar surface area (TPSA) is 99.8 Å². The number of ether oxygens (including phenoxy) is 1. The molecule has 0 saturated carbocycles. The molecule has 0 fully saturated rings. The number of esters is 1. The van der Waals surface area contributed by atoms with Gasteiger partial charge in [0.15, 0.2) is 0 Å². The summed E-state index contributed by atoms with van der Waals surface area (Å²) < 4.78 is 5.10. The molecule has 1 heterocycles. The number of rotatable bonds is 7. The largest absolute Gasteiger partial charge is 0.463 e. The molecule has 0 saturated heterocycles. The lowest BCUT2D eigenvalue weighted by atomic mass is 10.0. The fourth-order valence-electron chi connectivity index (χ4n) is 3.17. The van der Waals surface area contributed by atoms with E-state index in [9.17, 15) is 14.4 Å². The lowest BCUT2D eigenvalue weighted by Gasteiger charge is -2.28. The van der Waals surface area contributed by atoms with Crippen molar-refractivity contribution in [3.8, 4) is 0 Å². The number of aryl methyl sites for hydroxylation is 2. The fraction of sp³-hybridized carbons (Fsp3) is 0.450. The van der Waals surface area contributed by atoms with E-state index in [1.807, 2.05) is 32.0 Å². The van der Waals surface area contributed by atoms with E-state index in [2.05, 4.69) is 16.0 Å². The Morgan fingerprint density at radius 1 is 1.25 bits per heavy atom. The van der Waals surface area contributed by atoms with Gasteiger partial charge in [-0.3, -0.25) is 9.69 Å². The predicted molar refractivity (Wildman–Crippen MR) is 107 cm³/mol. The summed E-state index contributed by atoms with van der Waals surface area (Å²) in [5.74, 6) is -0.655. The molecule has 1 atom stereocenters. The van der Waals surface area contributed by atoms with E-state index in [0.717, 1.165) is 16.8 Å². The van der Waals surface area contributed by atoms with Crippen LogP contribution in [0.15, 0.2) is 29.5 Å². The van der Waals surface area contributed by atoms with Gasteiger partial charge in [-0.2, -0.15) is 0 Å². The molecule has 152 valence electrons. The van der Waals surface area contributed by atoms with Crippen molar-refractivity contribution in [2.75, 3.05) is 32.1 Å². The van der Waals surface area contributed by atoms with Gasteiger partial charge in [0.25, 0.3) is 0 Å². The Bertz CT molecular complexity index is 783. The average molecular weight is 388 g/mol. The number of anilines is 1. The Balaban J connectivity index is 2.09. The first-order valence-corrected chi connectivity index (χ1v) is 9.25. The quantitative estimate of drug-likeness (QED) is 0.618. The van der Waals surface area contributed by atoms with Crippen LogP contribution in [-0.2, 0) is 14.3 Å². The molecule has 0 bridgehead atoms. The van der Waals surface area contributed by atoms with Crippen LogP contribution in [-0.4, -0.2) is 55.6 Å². The molecule has 28 heavy (non-hydrogen) atoms. The summed E-state index contributed by atoms with van der Waals surface area (Å²) >= 11 is 0. The highest BCUT2D eigenvalue weighted by Crippen LogP contribution is 2.19. The maximum absolute atomic E-state index is 12.5. The molecule has 2 rings (SSSR count). The Morgan fingerprint density at radius 3 is 2.50 bits per heavy atom. The first kappa shape index (κ1) is 21.4. The number of nitrogens with zero attached hydrogens (tertiary/aromatic N) is 1. The molecule has 1 aromatic rings. The summed E-state index contributed by atoms with van der Waals surface area (Å²) in [4.78, 5) is 38.3. The molecule has 0 aromatic heterocycles. The lowest BCUT2D eigenvalue weighted by Crippen LogP contribution is -2.51. The van der Waals surface area contributed by atoms with E-state index in [-0.39, 0.29) is 31.6 Å². The zero-order valence-electron chi connectivity index (χ0n) is 17.0. The molecule has 3 N–H and O–H groups in total. The van der Waals surface area contributed by atoms with Crippen molar-refractivity contribution in [2.24, 2.45) is 0 Å². The molecule has 0 radical (unpaired) electrons. The smallest absolute Gasteiger partial charge is 0.337 e. The van der Waals surface area contributed by atoms with E-state index < -0.39 is 12.0 Å². The van der Waals surface area contributed by atoms with Gasteiger partial charge in [-0.15, -0.1) is 0 Å². The summed E-state index contributed by atoms with van der Waals surface area (Å²) in [6.45, 7) is 7.89. The number of likely N-dealkylation sites (N-methyl/N-ethyl adjacent to an activating group) is 1. The SMILES string of the molecule is CCOC(=O)C1=C(CN(C)CC(=O)Nc2c(C)cccc2C)NC(=O)N[C@@H]1C. The normalized spacial score (nSPS) is 16.5. The second-order valence-corrected chi connectivity index (χ2v) is 6.92. The molecule has 8 heteroatoms. The van der Waals surface area contributed by atoms with Crippen molar-refractivity contribution >= 4 is 23.6 Å². The van der Waals surface area contributed by atoms with Crippen LogP contribution < -0.4 is 16.0 Å². The molecule has 0 unspecified atom stereocenters. The second-order valence-electron chi connectivity index (χ2n) is 6.92. The van der Waals surface area contributed by atoms with Crippen molar-refractivity contribution in [2.45, 2.75) is 33.7 Å². The summed E-state index contributed by atoms with van der Waals surface area (Å²) in [5.41, 5.74) is 3.59. The lowest BCUT2D eigenvalue weighted by molar-refractivity contribution is -0.139. The number of carbonyl (C=O) groups is 3. The van der Waals surface area contributed by atoms with E-state index in [0.29, 0.717) is 11.3 Å². The minimum absolute atomic E-state index is 0.102. The maximum Gasteiger partial charge on any atom is 0.337 e. The number of nitrogens with one attached hydrogen (secondary N) is 3. The molecule has 1 aliphatic rings. The minimum atomic E-state index is -0.481. The third kappa shape index (κ3) is 5.32. The summed E-state index contributed by atoms with van der Waals surface area (Å²) in [7, 11) is 1.75. The standard InChI is InChI=1S/C20H28N4O4/c1-6-28-19(26)17-14(4)21-20(27)22-15(17)10-24(5)11-16(25)23-18-12(2)8-7-9-13(18)3/h7-9,14H,6,10-11H2,1-5H3,(H,23,25)(H2,21,22,27)/t14-/m1/s1. The highest BCUT2D eigenvalue weighted by atomic mass is 16.5. The van der Waals surface area contributed by atoms with Crippen molar-refractivity contribution < 1.29 is 19.1 Å². The van der Waals surface area contributed by atoms with Gasteiger partial charge in [-0.25, -0.2) is 9.59 Å². The third-order valence-corrected chi connectivity index (χ3v) is 4.45. The Kier molecular flexibility index (Phi) is 7.17.